The smallest absolute Gasteiger partial charge is 0.323 e. The van der Waals surface area contributed by atoms with E-state index in [9.17, 15) is 14.9 Å². The standard InChI is InChI=1S/C25H32N6O2/c1-31(2,3)20-24(32)28-25(33)29-27-16-23(14-15-26)19-30(17-21-10-6-4-7-11-21)18-22-12-8-5-9-13-22/h4-13,16,23H,14,17-20H2,1-3H3,(H-,28,29,32,33)/p+1. The molecule has 0 saturated heterocycles. The van der Waals surface area contributed by atoms with E-state index in [1.165, 1.54) is 11.1 Å². The highest BCUT2D eigenvalue weighted by molar-refractivity contribution is 5.94. The molecule has 0 fully saturated rings. The van der Waals surface area contributed by atoms with Crippen molar-refractivity contribution in [3.05, 3.63) is 71.8 Å². The normalized spacial score (nSPS) is 12.3. The quantitative estimate of drug-likeness (QED) is 0.313. The Morgan fingerprint density at radius 1 is 1.03 bits per heavy atom. The van der Waals surface area contributed by atoms with E-state index in [2.05, 4.69) is 51.1 Å². The van der Waals surface area contributed by atoms with Crippen LogP contribution in [0.4, 0.5) is 4.79 Å². The third-order valence-electron chi connectivity index (χ3n) is 4.67. The van der Waals surface area contributed by atoms with Crippen molar-refractivity contribution in [1.82, 2.24) is 15.6 Å². The predicted molar refractivity (Wildman–Crippen MR) is 129 cm³/mol. The van der Waals surface area contributed by atoms with Gasteiger partial charge in [-0.2, -0.15) is 10.4 Å². The molecule has 0 heterocycles. The van der Waals surface area contributed by atoms with Gasteiger partial charge in [0.25, 0.3) is 5.91 Å². The van der Waals surface area contributed by atoms with Crippen LogP contribution in [0.15, 0.2) is 65.8 Å². The minimum absolute atomic E-state index is 0.169. The lowest BCUT2D eigenvalue weighted by Gasteiger charge is -2.25. The number of nitrogens with zero attached hydrogens (tertiary/aromatic N) is 4. The average Bonchev–Trinajstić information content (AvgIpc) is 2.74. The molecule has 0 aliphatic carbocycles. The molecule has 8 heteroatoms. The van der Waals surface area contributed by atoms with Crippen LogP contribution in [0.1, 0.15) is 17.5 Å². The molecule has 0 aromatic heterocycles. The Labute approximate surface area is 196 Å². The average molecular weight is 450 g/mol. The first-order valence-corrected chi connectivity index (χ1v) is 10.9. The molecule has 1 atom stereocenters. The Kier molecular flexibility index (Phi) is 10.2. The topological polar surface area (TPSA) is 97.6 Å². The van der Waals surface area contributed by atoms with Crippen LogP contribution in [-0.2, 0) is 17.9 Å². The highest BCUT2D eigenvalue weighted by Gasteiger charge is 2.17. The highest BCUT2D eigenvalue weighted by atomic mass is 16.2. The van der Waals surface area contributed by atoms with Crippen molar-refractivity contribution in [3.8, 4) is 6.07 Å². The Morgan fingerprint density at radius 2 is 1.58 bits per heavy atom. The maximum atomic E-state index is 11.9. The number of hydrogen-bond donors (Lipinski definition) is 2. The molecule has 2 aromatic carbocycles. The third-order valence-corrected chi connectivity index (χ3v) is 4.67. The summed E-state index contributed by atoms with van der Waals surface area (Å²) in [4.78, 5) is 26.1. The number of carbonyl (C=O) groups is 2. The summed E-state index contributed by atoms with van der Waals surface area (Å²) in [6.07, 6.45) is 1.82. The summed E-state index contributed by atoms with van der Waals surface area (Å²) in [7, 11) is 5.58. The van der Waals surface area contributed by atoms with E-state index in [4.69, 9.17) is 0 Å². The Balaban J connectivity index is 2.00. The molecule has 0 radical (unpaired) electrons. The second-order valence-electron chi connectivity index (χ2n) is 8.98. The van der Waals surface area contributed by atoms with Gasteiger partial charge in [0, 0.05) is 38.2 Å². The molecule has 0 spiro atoms. The fourth-order valence-corrected chi connectivity index (χ4v) is 3.31. The number of urea groups is 1. The van der Waals surface area contributed by atoms with Crippen molar-refractivity contribution in [2.24, 2.45) is 11.0 Å². The van der Waals surface area contributed by atoms with Crippen LogP contribution >= 0.6 is 0 Å². The molecule has 0 aliphatic rings. The number of likely N-dealkylation sites (N-methyl/N-ethyl adjacent to an activating group) is 1. The lowest BCUT2D eigenvalue weighted by atomic mass is 10.1. The highest BCUT2D eigenvalue weighted by Crippen LogP contribution is 2.13. The lowest BCUT2D eigenvalue weighted by molar-refractivity contribution is -0.862. The number of hydrogen-bond acceptors (Lipinski definition) is 5. The molecule has 0 bridgehead atoms. The molecule has 0 aliphatic heterocycles. The van der Waals surface area contributed by atoms with E-state index in [-0.39, 0.29) is 24.8 Å². The molecule has 8 nitrogen and oxygen atoms in total. The maximum absolute atomic E-state index is 11.9. The summed E-state index contributed by atoms with van der Waals surface area (Å²) in [6, 6.07) is 21.8. The number of nitrogens with one attached hydrogen (secondary N) is 2. The molecule has 3 amide bonds. The van der Waals surface area contributed by atoms with Gasteiger partial charge in [0.05, 0.1) is 27.2 Å². The number of benzene rings is 2. The zero-order valence-corrected chi connectivity index (χ0v) is 19.6. The first-order chi connectivity index (χ1) is 15.7. The fraction of sp³-hybridized carbons (Fsp3) is 0.360. The molecule has 1 unspecified atom stereocenters. The van der Waals surface area contributed by atoms with Crippen molar-refractivity contribution in [2.45, 2.75) is 19.5 Å². The molecular formula is C25H33N6O2+. The van der Waals surface area contributed by atoms with Crippen molar-refractivity contribution >= 4 is 18.2 Å². The molecule has 2 rings (SSSR count). The summed E-state index contributed by atoms with van der Waals surface area (Å²) in [5.41, 5.74) is 4.68. The lowest BCUT2D eigenvalue weighted by Crippen LogP contribution is -2.47. The van der Waals surface area contributed by atoms with Crippen molar-refractivity contribution in [2.75, 3.05) is 34.2 Å². The van der Waals surface area contributed by atoms with Crippen LogP contribution in [0.2, 0.25) is 0 Å². The molecule has 0 saturated carbocycles. The third kappa shape index (κ3) is 11.1. The van der Waals surface area contributed by atoms with Crippen molar-refractivity contribution in [3.63, 3.8) is 0 Å². The van der Waals surface area contributed by atoms with Gasteiger partial charge in [-0.05, 0) is 11.1 Å². The van der Waals surface area contributed by atoms with Gasteiger partial charge in [0.2, 0.25) is 0 Å². The minimum atomic E-state index is -0.689. The number of rotatable bonds is 11. The minimum Gasteiger partial charge on any atom is -0.323 e. The molecule has 33 heavy (non-hydrogen) atoms. The van der Waals surface area contributed by atoms with E-state index < -0.39 is 6.03 Å². The van der Waals surface area contributed by atoms with E-state index in [0.717, 1.165) is 13.1 Å². The van der Waals surface area contributed by atoms with Crippen LogP contribution in [0.3, 0.4) is 0 Å². The summed E-state index contributed by atoms with van der Waals surface area (Å²) >= 11 is 0. The molecule has 174 valence electrons. The Bertz CT molecular complexity index is 907. The number of hydrazone groups is 1. The van der Waals surface area contributed by atoms with Gasteiger partial charge in [0.15, 0.2) is 6.54 Å². The summed E-state index contributed by atoms with van der Waals surface area (Å²) in [5.74, 6) is -0.578. The zero-order valence-electron chi connectivity index (χ0n) is 19.6. The molecular weight excluding hydrogens is 416 g/mol. The SMILES string of the molecule is C[N+](C)(C)CC(=O)NC(=O)NN=CC(CC#N)CN(Cc1ccccc1)Cc1ccccc1. The summed E-state index contributed by atoms with van der Waals surface area (Å²) in [6.45, 7) is 2.20. The summed E-state index contributed by atoms with van der Waals surface area (Å²) in [5, 5.41) is 15.5. The second kappa shape index (κ2) is 13.1. The Morgan fingerprint density at radius 3 is 2.06 bits per heavy atom. The van der Waals surface area contributed by atoms with Crippen molar-refractivity contribution in [1.29, 1.82) is 5.26 Å². The molecule has 2 N–H and O–H groups in total. The number of quaternary nitrogens is 1. The van der Waals surface area contributed by atoms with Gasteiger partial charge in [-0.15, -0.1) is 0 Å². The van der Waals surface area contributed by atoms with Gasteiger partial charge in [-0.3, -0.25) is 15.0 Å². The van der Waals surface area contributed by atoms with E-state index >= 15 is 0 Å². The fourth-order valence-electron chi connectivity index (χ4n) is 3.31. The number of carbonyl (C=O) groups excluding carboxylic acids is 2. The van der Waals surface area contributed by atoms with Gasteiger partial charge in [0.1, 0.15) is 0 Å². The van der Waals surface area contributed by atoms with E-state index in [0.29, 0.717) is 11.0 Å². The largest absolute Gasteiger partial charge is 0.341 e. The predicted octanol–water partition coefficient (Wildman–Crippen LogP) is 2.74. The summed E-state index contributed by atoms with van der Waals surface area (Å²) < 4.78 is 0.408. The van der Waals surface area contributed by atoms with Crippen LogP contribution in [0.5, 0.6) is 0 Å². The van der Waals surface area contributed by atoms with Gasteiger partial charge < -0.3 is 4.48 Å². The van der Waals surface area contributed by atoms with Gasteiger partial charge in [-0.25, -0.2) is 10.2 Å². The number of nitriles is 1. The monoisotopic (exact) mass is 449 g/mol. The number of imide groups is 1. The maximum Gasteiger partial charge on any atom is 0.341 e. The van der Waals surface area contributed by atoms with Crippen LogP contribution in [0.25, 0.3) is 0 Å². The first-order valence-electron chi connectivity index (χ1n) is 10.9. The van der Waals surface area contributed by atoms with E-state index in [1.807, 2.05) is 57.5 Å². The number of amides is 3. The van der Waals surface area contributed by atoms with Crippen LogP contribution < -0.4 is 10.7 Å². The van der Waals surface area contributed by atoms with Gasteiger partial charge in [-0.1, -0.05) is 60.7 Å². The molecule has 2 aromatic rings. The zero-order chi connectivity index (χ0) is 24.1. The van der Waals surface area contributed by atoms with E-state index in [1.54, 1.807) is 6.21 Å². The second-order valence-corrected chi connectivity index (χ2v) is 8.98. The van der Waals surface area contributed by atoms with Crippen LogP contribution in [-0.4, -0.2) is 61.8 Å². The van der Waals surface area contributed by atoms with Gasteiger partial charge >= 0.3 is 6.03 Å². The van der Waals surface area contributed by atoms with Crippen LogP contribution in [0, 0.1) is 17.2 Å². The first kappa shape index (κ1) is 25.7. The van der Waals surface area contributed by atoms with Crippen molar-refractivity contribution < 1.29 is 14.1 Å². The Hall–Kier alpha value is -3.54.